The Labute approximate surface area is 88.1 Å². The predicted octanol–water partition coefficient (Wildman–Crippen LogP) is 1.10. The number of nitrogens with one attached hydrogen (secondary N) is 2. The van der Waals surface area contributed by atoms with Gasteiger partial charge in [-0.25, -0.2) is 9.37 Å². The van der Waals surface area contributed by atoms with Crippen molar-refractivity contribution in [2.45, 2.75) is 13.0 Å². The highest BCUT2D eigenvalue weighted by molar-refractivity contribution is 5.41. The van der Waals surface area contributed by atoms with Gasteiger partial charge in [0.25, 0.3) is 0 Å². The van der Waals surface area contributed by atoms with Gasteiger partial charge in [-0.3, -0.25) is 0 Å². The lowest BCUT2D eigenvalue weighted by Crippen LogP contribution is -2.22. The van der Waals surface area contributed by atoms with Crippen LogP contribution in [0.3, 0.4) is 0 Å². The number of rotatable bonds is 5. The summed E-state index contributed by atoms with van der Waals surface area (Å²) in [6, 6.07) is -0.0101. The molecule has 0 aliphatic rings. The number of aromatic nitrogens is 2. The third-order valence-electron chi connectivity index (χ3n) is 1.77. The fraction of sp³-hybridized carbons (Fsp3) is 0.556. The third-order valence-corrected chi connectivity index (χ3v) is 1.77. The van der Waals surface area contributed by atoms with Gasteiger partial charge >= 0.3 is 0 Å². The van der Waals surface area contributed by atoms with Crippen LogP contribution in [0, 0.1) is 5.82 Å². The van der Waals surface area contributed by atoms with Crippen molar-refractivity contribution in [2.75, 3.05) is 31.4 Å². The minimum absolute atomic E-state index is 0.0101. The van der Waals surface area contributed by atoms with E-state index in [4.69, 9.17) is 4.74 Å². The molecule has 6 heteroatoms. The molecule has 1 rings (SSSR count). The quantitative estimate of drug-likeness (QED) is 0.768. The summed E-state index contributed by atoms with van der Waals surface area (Å²) in [5, 5.41) is 5.63. The topological polar surface area (TPSA) is 59.1 Å². The third kappa shape index (κ3) is 3.32. The zero-order chi connectivity index (χ0) is 11.3. The summed E-state index contributed by atoms with van der Waals surface area (Å²) < 4.78 is 18.2. The summed E-state index contributed by atoms with van der Waals surface area (Å²) >= 11 is 0. The summed E-state index contributed by atoms with van der Waals surface area (Å²) in [5.74, 6) is 0.0827. The zero-order valence-corrected chi connectivity index (χ0v) is 9.04. The molecule has 0 saturated heterocycles. The van der Waals surface area contributed by atoms with Crippen molar-refractivity contribution in [3.05, 3.63) is 12.0 Å². The number of hydrogen-bond acceptors (Lipinski definition) is 5. The maximum atomic E-state index is 13.3. The van der Waals surface area contributed by atoms with Crippen molar-refractivity contribution >= 4 is 11.8 Å². The highest BCUT2D eigenvalue weighted by Gasteiger charge is 2.09. The number of hydrogen-bond donors (Lipinski definition) is 2. The molecule has 1 aromatic heterocycles. The van der Waals surface area contributed by atoms with Crippen LogP contribution in [0.1, 0.15) is 6.92 Å². The minimum Gasteiger partial charge on any atom is -0.383 e. The van der Waals surface area contributed by atoms with Gasteiger partial charge in [0.1, 0.15) is 0 Å². The molecule has 84 valence electrons. The lowest BCUT2D eigenvalue weighted by atomic mass is 10.3. The maximum Gasteiger partial charge on any atom is 0.224 e. The highest BCUT2D eigenvalue weighted by Crippen LogP contribution is 2.12. The molecule has 5 nitrogen and oxygen atoms in total. The molecule has 1 aromatic rings. The molecule has 0 radical (unpaired) electrons. The number of nitrogens with zero attached hydrogens (tertiary/aromatic N) is 2. The second kappa shape index (κ2) is 5.45. The van der Waals surface area contributed by atoms with E-state index >= 15 is 0 Å². The largest absolute Gasteiger partial charge is 0.383 e. The summed E-state index contributed by atoms with van der Waals surface area (Å²) in [6.07, 6.45) is 1.13. The molecule has 0 fully saturated rings. The number of methoxy groups -OCH3 is 1. The fourth-order valence-electron chi connectivity index (χ4n) is 1.11. The van der Waals surface area contributed by atoms with Crippen LogP contribution in [0.4, 0.5) is 16.2 Å². The molecular weight excluding hydrogens is 199 g/mol. The normalized spacial score (nSPS) is 12.3. The Bertz CT molecular complexity index is 321. The minimum atomic E-state index is -0.475. The Balaban J connectivity index is 2.74. The Hall–Kier alpha value is -1.43. The van der Waals surface area contributed by atoms with Crippen molar-refractivity contribution in [1.82, 2.24) is 9.97 Å². The maximum absolute atomic E-state index is 13.3. The molecule has 0 bridgehead atoms. The first-order chi connectivity index (χ1) is 7.17. The van der Waals surface area contributed by atoms with Crippen molar-refractivity contribution in [2.24, 2.45) is 0 Å². The van der Waals surface area contributed by atoms with Crippen molar-refractivity contribution < 1.29 is 9.13 Å². The van der Waals surface area contributed by atoms with Gasteiger partial charge in [-0.2, -0.15) is 4.98 Å². The standard InChI is InChI=1S/C9H15FN4O/c1-6(5-15-3)13-8-7(10)4-12-9(11-2)14-8/h4,6H,5H2,1-3H3,(H2,11,12,13,14). The van der Waals surface area contributed by atoms with Crippen molar-refractivity contribution in [1.29, 1.82) is 0 Å². The SMILES string of the molecule is CNc1ncc(F)c(NC(C)COC)n1. The number of ether oxygens (including phenoxy) is 1. The van der Waals surface area contributed by atoms with E-state index in [2.05, 4.69) is 20.6 Å². The second-order valence-corrected chi connectivity index (χ2v) is 3.14. The van der Waals surface area contributed by atoms with Crippen LogP contribution in [0.25, 0.3) is 0 Å². The van der Waals surface area contributed by atoms with E-state index in [0.717, 1.165) is 6.20 Å². The van der Waals surface area contributed by atoms with Gasteiger partial charge in [0.15, 0.2) is 11.6 Å². The van der Waals surface area contributed by atoms with Crippen LogP contribution in [-0.2, 0) is 4.74 Å². The van der Waals surface area contributed by atoms with Crippen LogP contribution >= 0.6 is 0 Å². The Kier molecular flexibility index (Phi) is 4.23. The van der Waals surface area contributed by atoms with Gasteiger partial charge in [-0.05, 0) is 6.92 Å². The summed E-state index contributed by atoms with van der Waals surface area (Å²) in [4.78, 5) is 7.69. The molecule has 0 aliphatic heterocycles. The van der Waals surface area contributed by atoms with Crippen LogP contribution in [0.2, 0.25) is 0 Å². The van der Waals surface area contributed by atoms with Crippen LogP contribution < -0.4 is 10.6 Å². The van der Waals surface area contributed by atoms with E-state index in [1.165, 1.54) is 0 Å². The highest BCUT2D eigenvalue weighted by atomic mass is 19.1. The van der Waals surface area contributed by atoms with E-state index in [-0.39, 0.29) is 11.9 Å². The number of halogens is 1. The molecule has 2 N–H and O–H groups in total. The van der Waals surface area contributed by atoms with E-state index in [0.29, 0.717) is 12.6 Å². The number of anilines is 2. The molecular formula is C9H15FN4O. The summed E-state index contributed by atoms with van der Waals surface area (Å²) in [5.41, 5.74) is 0. The Morgan fingerprint density at radius 1 is 1.60 bits per heavy atom. The van der Waals surface area contributed by atoms with Crippen molar-refractivity contribution in [3.63, 3.8) is 0 Å². The Morgan fingerprint density at radius 3 is 2.93 bits per heavy atom. The fourth-order valence-corrected chi connectivity index (χ4v) is 1.11. The van der Waals surface area contributed by atoms with E-state index in [1.54, 1.807) is 14.2 Å². The molecule has 1 heterocycles. The average molecular weight is 214 g/mol. The van der Waals surface area contributed by atoms with Crippen LogP contribution in [0.5, 0.6) is 0 Å². The lowest BCUT2D eigenvalue weighted by molar-refractivity contribution is 0.190. The van der Waals surface area contributed by atoms with E-state index in [9.17, 15) is 4.39 Å². The van der Waals surface area contributed by atoms with Gasteiger partial charge in [0.2, 0.25) is 5.95 Å². The molecule has 0 spiro atoms. The van der Waals surface area contributed by atoms with Crippen LogP contribution in [0.15, 0.2) is 6.20 Å². The molecule has 0 aliphatic carbocycles. The zero-order valence-electron chi connectivity index (χ0n) is 9.04. The predicted molar refractivity (Wildman–Crippen MR) is 56.5 cm³/mol. The van der Waals surface area contributed by atoms with Gasteiger partial charge in [-0.15, -0.1) is 0 Å². The average Bonchev–Trinajstić information content (AvgIpc) is 2.21. The first-order valence-electron chi connectivity index (χ1n) is 4.63. The monoisotopic (exact) mass is 214 g/mol. The molecule has 0 saturated carbocycles. The van der Waals surface area contributed by atoms with Gasteiger partial charge in [0.05, 0.1) is 12.8 Å². The summed E-state index contributed by atoms with van der Waals surface area (Å²) in [7, 11) is 3.27. The molecule has 0 amide bonds. The lowest BCUT2D eigenvalue weighted by Gasteiger charge is -2.14. The first-order valence-corrected chi connectivity index (χ1v) is 4.63. The Morgan fingerprint density at radius 2 is 2.33 bits per heavy atom. The first kappa shape index (κ1) is 11.6. The van der Waals surface area contributed by atoms with Crippen molar-refractivity contribution in [3.8, 4) is 0 Å². The van der Waals surface area contributed by atoms with Gasteiger partial charge < -0.3 is 15.4 Å². The summed E-state index contributed by atoms with van der Waals surface area (Å²) in [6.45, 7) is 2.36. The molecule has 1 unspecified atom stereocenters. The molecule has 1 atom stereocenters. The van der Waals surface area contributed by atoms with E-state index in [1.807, 2.05) is 6.92 Å². The second-order valence-electron chi connectivity index (χ2n) is 3.14. The van der Waals surface area contributed by atoms with Gasteiger partial charge in [0, 0.05) is 20.2 Å². The molecule has 0 aromatic carbocycles. The van der Waals surface area contributed by atoms with E-state index < -0.39 is 5.82 Å². The molecule has 15 heavy (non-hydrogen) atoms. The van der Waals surface area contributed by atoms with Gasteiger partial charge in [-0.1, -0.05) is 0 Å². The van der Waals surface area contributed by atoms with Crippen LogP contribution in [-0.4, -0.2) is 36.8 Å². The smallest absolute Gasteiger partial charge is 0.224 e.